The molecular weight excluding hydrogens is 300 g/mol. The first-order valence-corrected chi connectivity index (χ1v) is 8.07. The van der Waals surface area contributed by atoms with E-state index in [2.05, 4.69) is 19.9 Å². The molecule has 1 heterocycles. The minimum atomic E-state index is -3.59. The molecule has 1 aromatic heterocycles. The van der Waals surface area contributed by atoms with Gasteiger partial charge in [-0.05, 0) is 31.0 Å². The fourth-order valence-electron chi connectivity index (χ4n) is 1.72. The number of hydrogen-bond acceptors (Lipinski definition) is 4. The number of nitrogens with zero attached hydrogens (tertiary/aromatic N) is 2. The van der Waals surface area contributed by atoms with E-state index >= 15 is 0 Å². The van der Waals surface area contributed by atoms with Gasteiger partial charge in [0, 0.05) is 5.88 Å². The van der Waals surface area contributed by atoms with Crippen molar-refractivity contribution >= 4 is 21.6 Å². The smallest absolute Gasteiger partial charge is 0.241 e. The van der Waals surface area contributed by atoms with Crippen LogP contribution in [-0.4, -0.2) is 29.5 Å². The summed E-state index contributed by atoms with van der Waals surface area (Å²) >= 11 is 5.64. The lowest BCUT2D eigenvalue weighted by Gasteiger charge is -2.12. The van der Waals surface area contributed by atoms with E-state index in [0.717, 1.165) is 5.56 Å². The van der Waals surface area contributed by atoms with Crippen molar-refractivity contribution in [2.45, 2.75) is 24.3 Å². The number of hydrogen-bond donors (Lipinski definition) is 2. The SMILES string of the molecule is CC(NS(=O)(=O)c1ccc(CCCl)cc1)c1ncn[nH]1. The van der Waals surface area contributed by atoms with Gasteiger partial charge in [0.05, 0.1) is 10.9 Å². The molecule has 1 aromatic carbocycles. The molecule has 0 radical (unpaired) electrons. The van der Waals surface area contributed by atoms with Gasteiger partial charge < -0.3 is 0 Å². The molecule has 8 heteroatoms. The van der Waals surface area contributed by atoms with Crippen LogP contribution in [-0.2, 0) is 16.4 Å². The van der Waals surface area contributed by atoms with Gasteiger partial charge in [-0.3, -0.25) is 5.10 Å². The molecule has 0 saturated heterocycles. The van der Waals surface area contributed by atoms with Gasteiger partial charge in [0.1, 0.15) is 12.2 Å². The van der Waals surface area contributed by atoms with Gasteiger partial charge in [0.2, 0.25) is 10.0 Å². The van der Waals surface area contributed by atoms with E-state index in [1.54, 1.807) is 31.2 Å². The van der Waals surface area contributed by atoms with Crippen LogP contribution in [0.1, 0.15) is 24.4 Å². The van der Waals surface area contributed by atoms with Crippen LogP contribution in [0.15, 0.2) is 35.5 Å². The van der Waals surface area contributed by atoms with Crippen LogP contribution in [0, 0.1) is 0 Å². The molecule has 0 bridgehead atoms. The first-order chi connectivity index (χ1) is 9.53. The van der Waals surface area contributed by atoms with Crippen molar-refractivity contribution in [1.82, 2.24) is 19.9 Å². The van der Waals surface area contributed by atoms with Crippen LogP contribution in [0.2, 0.25) is 0 Å². The average Bonchev–Trinajstić information content (AvgIpc) is 2.93. The molecule has 2 aromatic rings. The van der Waals surface area contributed by atoms with E-state index in [4.69, 9.17) is 11.6 Å². The first-order valence-electron chi connectivity index (χ1n) is 6.05. The molecule has 0 spiro atoms. The van der Waals surface area contributed by atoms with Crippen molar-refractivity contribution in [3.8, 4) is 0 Å². The van der Waals surface area contributed by atoms with Crippen molar-refractivity contribution < 1.29 is 8.42 Å². The number of aromatic nitrogens is 3. The molecule has 0 aliphatic heterocycles. The number of sulfonamides is 1. The Morgan fingerprint density at radius 3 is 2.60 bits per heavy atom. The molecule has 0 fully saturated rings. The molecule has 2 N–H and O–H groups in total. The molecule has 0 saturated carbocycles. The van der Waals surface area contributed by atoms with Gasteiger partial charge in [-0.25, -0.2) is 18.1 Å². The third kappa shape index (κ3) is 3.56. The summed E-state index contributed by atoms with van der Waals surface area (Å²) in [6.07, 6.45) is 2.05. The number of halogens is 1. The maximum absolute atomic E-state index is 12.2. The fraction of sp³-hybridized carbons (Fsp3) is 0.333. The Bertz CT molecular complexity index is 641. The van der Waals surface area contributed by atoms with E-state index in [1.165, 1.54) is 6.33 Å². The summed E-state index contributed by atoms with van der Waals surface area (Å²) in [5.41, 5.74) is 1.00. The maximum Gasteiger partial charge on any atom is 0.241 e. The van der Waals surface area contributed by atoms with Crippen LogP contribution in [0.5, 0.6) is 0 Å². The van der Waals surface area contributed by atoms with Crippen molar-refractivity contribution in [2.24, 2.45) is 0 Å². The van der Waals surface area contributed by atoms with Crippen LogP contribution in [0.3, 0.4) is 0 Å². The number of aromatic amines is 1. The summed E-state index contributed by atoms with van der Waals surface area (Å²) in [5.74, 6) is 0.972. The highest BCUT2D eigenvalue weighted by atomic mass is 35.5. The minimum Gasteiger partial charge on any atom is -0.262 e. The summed E-state index contributed by atoms with van der Waals surface area (Å²) in [6.45, 7) is 1.69. The number of H-pyrrole nitrogens is 1. The van der Waals surface area contributed by atoms with Crippen molar-refractivity contribution in [1.29, 1.82) is 0 Å². The molecule has 1 unspecified atom stereocenters. The standard InChI is InChI=1S/C12H15ClN4O2S/c1-9(12-14-8-15-16-12)17-20(18,19)11-4-2-10(3-5-11)6-7-13/h2-5,8-9,17H,6-7H2,1H3,(H,14,15,16). The Kier molecular flexibility index (Phi) is 4.74. The van der Waals surface area contributed by atoms with E-state index in [9.17, 15) is 8.42 Å². The highest BCUT2D eigenvalue weighted by Crippen LogP contribution is 2.15. The maximum atomic E-state index is 12.2. The number of rotatable bonds is 6. The Morgan fingerprint density at radius 2 is 2.05 bits per heavy atom. The van der Waals surface area contributed by atoms with Crippen molar-refractivity contribution in [3.05, 3.63) is 42.0 Å². The van der Waals surface area contributed by atoms with Gasteiger partial charge in [-0.1, -0.05) is 12.1 Å². The number of nitrogens with one attached hydrogen (secondary N) is 2. The summed E-state index contributed by atoms with van der Waals surface area (Å²) < 4.78 is 27.0. The summed E-state index contributed by atoms with van der Waals surface area (Å²) in [5, 5.41) is 6.33. The van der Waals surface area contributed by atoms with Gasteiger partial charge in [0.15, 0.2) is 0 Å². The first kappa shape index (κ1) is 15.0. The Hall–Kier alpha value is -1.44. The Balaban J connectivity index is 2.13. The van der Waals surface area contributed by atoms with Crippen LogP contribution < -0.4 is 4.72 Å². The molecule has 0 aliphatic rings. The lowest BCUT2D eigenvalue weighted by Crippen LogP contribution is -2.27. The highest BCUT2D eigenvalue weighted by molar-refractivity contribution is 7.89. The second-order valence-electron chi connectivity index (χ2n) is 4.30. The topological polar surface area (TPSA) is 87.7 Å². The number of alkyl halides is 1. The lowest BCUT2D eigenvalue weighted by atomic mass is 10.2. The fourth-order valence-corrected chi connectivity index (χ4v) is 3.15. The molecule has 20 heavy (non-hydrogen) atoms. The van der Waals surface area contributed by atoms with Crippen LogP contribution in [0.25, 0.3) is 0 Å². The van der Waals surface area contributed by atoms with Gasteiger partial charge in [-0.15, -0.1) is 11.6 Å². The quantitative estimate of drug-likeness (QED) is 0.793. The zero-order chi connectivity index (χ0) is 14.6. The third-order valence-electron chi connectivity index (χ3n) is 2.79. The van der Waals surface area contributed by atoms with E-state index in [1.807, 2.05) is 0 Å². The Morgan fingerprint density at radius 1 is 1.35 bits per heavy atom. The highest BCUT2D eigenvalue weighted by Gasteiger charge is 2.19. The molecule has 6 nitrogen and oxygen atoms in total. The van der Waals surface area contributed by atoms with Gasteiger partial charge in [-0.2, -0.15) is 5.10 Å². The second kappa shape index (κ2) is 6.34. The average molecular weight is 315 g/mol. The van der Waals surface area contributed by atoms with E-state index in [-0.39, 0.29) is 4.90 Å². The van der Waals surface area contributed by atoms with E-state index < -0.39 is 16.1 Å². The Labute approximate surface area is 122 Å². The largest absolute Gasteiger partial charge is 0.262 e. The molecular formula is C12H15ClN4O2S. The number of aryl methyl sites for hydroxylation is 1. The predicted molar refractivity (Wildman–Crippen MR) is 76.0 cm³/mol. The summed E-state index contributed by atoms with van der Waals surface area (Å²) in [6, 6.07) is 6.17. The normalized spacial score (nSPS) is 13.3. The molecule has 108 valence electrons. The minimum absolute atomic E-state index is 0.210. The zero-order valence-electron chi connectivity index (χ0n) is 10.9. The van der Waals surface area contributed by atoms with Crippen LogP contribution >= 0.6 is 11.6 Å². The van der Waals surface area contributed by atoms with Gasteiger partial charge in [0.25, 0.3) is 0 Å². The van der Waals surface area contributed by atoms with Crippen molar-refractivity contribution in [3.63, 3.8) is 0 Å². The van der Waals surface area contributed by atoms with Gasteiger partial charge >= 0.3 is 0 Å². The summed E-state index contributed by atoms with van der Waals surface area (Å²) in [7, 11) is -3.59. The van der Waals surface area contributed by atoms with Crippen LogP contribution in [0.4, 0.5) is 0 Å². The summed E-state index contributed by atoms with van der Waals surface area (Å²) in [4.78, 5) is 4.13. The van der Waals surface area contributed by atoms with E-state index in [0.29, 0.717) is 18.1 Å². The zero-order valence-corrected chi connectivity index (χ0v) is 12.4. The molecule has 0 aliphatic carbocycles. The number of benzene rings is 1. The third-order valence-corrected chi connectivity index (χ3v) is 4.54. The van der Waals surface area contributed by atoms with Crippen molar-refractivity contribution in [2.75, 3.05) is 5.88 Å². The molecule has 1 atom stereocenters. The second-order valence-corrected chi connectivity index (χ2v) is 6.39. The molecule has 0 amide bonds. The predicted octanol–water partition coefficient (Wildman–Crippen LogP) is 1.63. The molecule has 2 rings (SSSR count). The lowest BCUT2D eigenvalue weighted by molar-refractivity contribution is 0.560. The monoisotopic (exact) mass is 314 g/mol.